The zero-order valence-electron chi connectivity index (χ0n) is 18.6. The van der Waals surface area contributed by atoms with Crippen LogP contribution in [0.25, 0.3) is 0 Å². The molecule has 182 valence electrons. The molecule has 0 saturated heterocycles. The first kappa shape index (κ1) is 24.1. The van der Waals surface area contributed by atoms with Crippen LogP contribution < -0.4 is 16.4 Å². The Labute approximate surface area is 198 Å². The lowest BCUT2D eigenvalue weighted by Gasteiger charge is -2.53. The molecule has 3 aliphatic carbocycles. The zero-order valence-corrected chi connectivity index (χ0v) is 19.3. The van der Waals surface area contributed by atoms with Gasteiger partial charge in [-0.25, -0.2) is 0 Å². The number of amides is 1. The SMILES string of the molecule is CN(C)c1c(Cl)c(N)c(O)c2c1[C@@](C)(O)[C@H]1C[C@H]3CC(=O)C(C(N)=O)C(=O)[C@@]3(O)C(=O)C1C2=O. The summed E-state index contributed by atoms with van der Waals surface area (Å²) in [4.78, 5) is 65.8. The van der Waals surface area contributed by atoms with Gasteiger partial charge in [-0.1, -0.05) is 11.6 Å². The highest BCUT2D eigenvalue weighted by Gasteiger charge is 2.69. The van der Waals surface area contributed by atoms with E-state index in [1.54, 1.807) is 14.1 Å². The number of Topliss-reactive ketones (excluding diaryl/α,β-unsaturated/α-hetero) is 4. The Morgan fingerprint density at radius 1 is 1.15 bits per heavy atom. The first-order chi connectivity index (χ1) is 15.6. The topological polar surface area (TPSA) is 201 Å². The number of aromatic hydroxyl groups is 1. The third kappa shape index (κ3) is 2.74. The standard InChI is InChI=1S/C22H24ClN3O8/c1-21(33)7-4-6-5-8(27)10(20(25)32)19(31)22(6,34)18(30)9(7)16(28)11-12(21)15(26(2)3)13(23)14(24)17(11)29/h6-7,9-10,29,33-34H,4-5,24H2,1-3H3,(H2,25,32)/t6-,7-,9?,10?,21-,22-/m0/s1. The van der Waals surface area contributed by atoms with Crippen molar-refractivity contribution in [3.05, 3.63) is 16.1 Å². The highest BCUT2D eigenvalue weighted by atomic mass is 35.5. The number of anilines is 2. The molecule has 1 aromatic carbocycles. The van der Waals surface area contributed by atoms with E-state index in [0.29, 0.717) is 0 Å². The summed E-state index contributed by atoms with van der Waals surface area (Å²) in [6, 6.07) is 0. The number of nitrogens with zero attached hydrogens (tertiary/aromatic N) is 1. The minimum absolute atomic E-state index is 0.0536. The molecule has 2 unspecified atom stereocenters. The quantitative estimate of drug-likeness (QED) is 0.199. The number of halogens is 1. The highest BCUT2D eigenvalue weighted by Crippen LogP contribution is 2.59. The Kier molecular flexibility index (Phi) is 5.13. The molecule has 34 heavy (non-hydrogen) atoms. The number of primary amides is 1. The van der Waals surface area contributed by atoms with Crippen LogP contribution in [0, 0.1) is 23.7 Å². The summed E-state index contributed by atoms with van der Waals surface area (Å²) in [5.74, 6) is -12.7. The number of rotatable bonds is 2. The molecule has 3 aliphatic rings. The van der Waals surface area contributed by atoms with Crippen molar-refractivity contribution in [3.8, 4) is 5.75 Å². The van der Waals surface area contributed by atoms with Crippen molar-refractivity contribution in [3.63, 3.8) is 0 Å². The number of carbonyl (C=O) groups excluding carboxylic acids is 5. The van der Waals surface area contributed by atoms with E-state index in [4.69, 9.17) is 23.1 Å². The fourth-order valence-electron chi connectivity index (χ4n) is 5.86. The number of nitrogens with two attached hydrogens (primary N) is 2. The van der Waals surface area contributed by atoms with E-state index < -0.39 is 81.6 Å². The molecule has 1 amide bonds. The molecule has 7 N–H and O–H groups in total. The van der Waals surface area contributed by atoms with Gasteiger partial charge in [0.05, 0.1) is 33.5 Å². The van der Waals surface area contributed by atoms with E-state index in [1.807, 2.05) is 0 Å². The van der Waals surface area contributed by atoms with Crippen LogP contribution in [0.4, 0.5) is 11.4 Å². The summed E-state index contributed by atoms with van der Waals surface area (Å²) >= 11 is 6.34. The molecule has 0 aliphatic heterocycles. The van der Waals surface area contributed by atoms with Gasteiger partial charge < -0.3 is 31.7 Å². The molecule has 12 heteroatoms. The van der Waals surface area contributed by atoms with Crippen LogP contribution in [0.3, 0.4) is 0 Å². The molecule has 0 radical (unpaired) electrons. The maximum absolute atomic E-state index is 13.6. The van der Waals surface area contributed by atoms with E-state index in [2.05, 4.69) is 0 Å². The van der Waals surface area contributed by atoms with Gasteiger partial charge in [-0.2, -0.15) is 0 Å². The summed E-state index contributed by atoms with van der Waals surface area (Å²) in [5.41, 5.74) is 5.58. The van der Waals surface area contributed by atoms with Gasteiger partial charge in [-0.3, -0.25) is 24.0 Å². The number of nitrogen functional groups attached to an aromatic ring is 1. The maximum atomic E-state index is 13.6. The molecule has 2 fully saturated rings. The Morgan fingerprint density at radius 3 is 2.26 bits per heavy atom. The number of hydrogen-bond acceptors (Lipinski definition) is 10. The second-order valence-electron chi connectivity index (χ2n) is 9.60. The third-order valence-electron chi connectivity index (χ3n) is 7.51. The summed E-state index contributed by atoms with van der Waals surface area (Å²) in [6.45, 7) is 1.32. The van der Waals surface area contributed by atoms with E-state index in [1.165, 1.54) is 11.8 Å². The zero-order chi connectivity index (χ0) is 25.7. The van der Waals surface area contributed by atoms with Crippen molar-refractivity contribution < 1.29 is 39.3 Å². The van der Waals surface area contributed by atoms with Crippen LogP contribution in [0.5, 0.6) is 5.75 Å². The highest BCUT2D eigenvalue weighted by molar-refractivity contribution is 6.37. The number of aliphatic hydroxyl groups is 2. The summed E-state index contributed by atoms with van der Waals surface area (Å²) in [5, 5.41) is 33.5. The van der Waals surface area contributed by atoms with Gasteiger partial charge >= 0.3 is 0 Å². The molecule has 1 aromatic rings. The van der Waals surface area contributed by atoms with Crippen LogP contribution in [0.1, 0.15) is 35.7 Å². The lowest BCUT2D eigenvalue weighted by atomic mass is 9.50. The summed E-state index contributed by atoms with van der Waals surface area (Å²) in [6.07, 6.45) is -0.792. The molecule has 4 rings (SSSR count). The monoisotopic (exact) mass is 493 g/mol. The molecule has 11 nitrogen and oxygen atoms in total. The molecule has 2 saturated carbocycles. The first-order valence-corrected chi connectivity index (χ1v) is 10.9. The number of phenolic OH excluding ortho intramolecular Hbond substituents is 1. The second-order valence-corrected chi connectivity index (χ2v) is 9.98. The number of ketones is 4. The lowest BCUT2D eigenvalue weighted by Crippen LogP contribution is -2.70. The van der Waals surface area contributed by atoms with E-state index in [0.717, 1.165) is 0 Å². The van der Waals surface area contributed by atoms with Crippen molar-refractivity contribution >= 4 is 52.0 Å². The summed E-state index contributed by atoms with van der Waals surface area (Å²) < 4.78 is 0. The van der Waals surface area contributed by atoms with Gasteiger partial charge in [0.15, 0.2) is 40.4 Å². The first-order valence-electron chi connectivity index (χ1n) is 10.5. The van der Waals surface area contributed by atoms with Crippen LogP contribution >= 0.6 is 11.6 Å². The van der Waals surface area contributed by atoms with Crippen LogP contribution in [0.2, 0.25) is 5.02 Å². The molecular weight excluding hydrogens is 470 g/mol. The number of hydrogen-bond donors (Lipinski definition) is 5. The number of phenols is 1. The van der Waals surface area contributed by atoms with Gasteiger partial charge in [0.2, 0.25) is 5.91 Å². The minimum Gasteiger partial charge on any atom is -0.505 e. The number of benzene rings is 1. The Balaban J connectivity index is 1.98. The van der Waals surface area contributed by atoms with Crippen LogP contribution in [0.15, 0.2) is 0 Å². The van der Waals surface area contributed by atoms with Gasteiger partial charge in [0, 0.05) is 37.9 Å². The van der Waals surface area contributed by atoms with Gasteiger partial charge in [-0.15, -0.1) is 0 Å². The summed E-state index contributed by atoms with van der Waals surface area (Å²) in [7, 11) is 3.16. The molecular formula is C22H24ClN3O8. The van der Waals surface area contributed by atoms with Crippen molar-refractivity contribution in [1.82, 2.24) is 0 Å². The Morgan fingerprint density at radius 2 is 1.74 bits per heavy atom. The fourth-order valence-corrected chi connectivity index (χ4v) is 6.22. The minimum atomic E-state index is -2.82. The van der Waals surface area contributed by atoms with E-state index in [-0.39, 0.29) is 28.4 Å². The number of carbonyl (C=O) groups is 5. The number of fused-ring (bicyclic) bond motifs is 3. The second kappa shape index (κ2) is 7.24. The Hall–Kier alpha value is -3.02. The average Bonchev–Trinajstić information content (AvgIpc) is 2.72. The van der Waals surface area contributed by atoms with E-state index in [9.17, 15) is 39.3 Å². The van der Waals surface area contributed by atoms with Crippen molar-refractivity contribution in [1.29, 1.82) is 0 Å². The largest absolute Gasteiger partial charge is 0.505 e. The maximum Gasteiger partial charge on any atom is 0.235 e. The average molecular weight is 494 g/mol. The molecule has 0 bridgehead atoms. The van der Waals surface area contributed by atoms with Crippen molar-refractivity contribution in [2.24, 2.45) is 29.4 Å². The van der Waals surface area contributed by atoms with Crippen molar-refractivity contribution in [2.45, 2.75) is 31.0 Å². The molecule has 0 spiro atoms. The lowest BCUT2D eigenvalue weighted by molar-refractivity contribution is -0.182. The van der Waals surface area contributed by atoms with Crippen molar-refractivity contribution in [2.75, 3.05) is 24.7 Å². The Bertz CT molecular complexity index is 1210. The predicted molar refractivity (Wildman–Crippen MR) is 118 cm³/mol. The predicted octanol–water partition coefficient (Wildman–Crippen LogP) is -0.706. The van der Waals surface area contributed by atoms with Gasteiger partial charge in [-0.05, 0) is 13.3 Å². The molecule has 0 heterocycles. The van der Waals surface area contributed by atoms with Gasteiger partial charge in [0.1, 0.15) is 0 Å². The normalized spacial score (nSPS) is 34.9. The third-order valence-corrected chi connectivity index (χ3v) is 7.89. The smallest absolute Gasteiger partial charge is 0.235 e. The van der Waals surface area contributed by atoms with E-state index >= 15 is 0 Å². The molecule has 0 aromatic heterocycles. The fraction of sp³-hybridized carbons (Fsp3) is 0.500. The van der Waals surface area contributed by atoms with Crippen LogP contribution in [-0.2, 0) is 24.8 Å². The molecule has 6 atom stereocenters. The van der Waals surface area contributed by atoms with Gasteiger partial charge in [0.25, 0.3) is 0 Å². The van der Waals surface area contributed by atoms with Crippen LogP contribution in [-0.4, -0.2) is 64.1 Å².